The lowest BCUT2D eigenvalue weighted by atomic mass is 9.82. The molecular weight excluding hydrogens is 324 g/mol. The Bertz CT molecular complexity index is 765. The van der Waals surface area contributed by atoms with Crippen LogP contribution in [0.4, 0.5) is 8.78 Å². The molecule has 1 fully saturated rings. The number of nitrogens with zero attached hydrogens (tertiary/aromatic N) is 3. The molecule has 1 amide bonds. The molecule has 1 aliphatic heterocycles. The molecule has 2 aromatic rings. The van der Waals surface area contributed by atoms with Crippen molar-refractivity contribution in [2.24, 2.45) is 0 Å². The second-order valence-corrected chi connectivity index (χ2v) is 6.88. The van der Waals surface area contributed by atoms with Crippen LogP contribution in [0.3, 0.4) is 0 Å². The summed E-state index contributed by atoms with van der Waals surface area (Å²) < 4.78 is 26.8. The van der Waals surface area contributed by atoms with Gasteiger partial charge in [0.1, 0.15) is 5.82 Å². The van der Waals surface area contributed by atoms with E-state index in [1.807, 2.05) is 18.7 Å². The van der Waals surface area contributed by atoms with Gasteiger partial charge in [0.15, 0.2) is 11.6 Å². The Balaban J connectivity index is 1.71. The summed E-state index contributed by atoms with van der Waals surface area (Å²) in [5.41, 5.74) is 0.268. The van der Waals surface area contributed by atoms with E-state index in [2.05, 4.69) is 9.97 Å². The predicted octanol–water partition coefficient (Wildman–Crippen LogP) is 3.48. The van der Waals surface area contributed by atoms with Crippen LogP contribution in [0.1, 0.15) is 44.0 Å². The smallest absolute Gasteiger partial charge is 0.223 e. The van der Waals surface area contributed by atoms with Crippen LogP contribution < -0.4 is 0 Å². The van der Waals surface area contributed by atoms with E-state index in [1.54, 1.807) is 24.5 Å². The Hall–Kier alpha value is -2.37. The first-order valence-electron chi connectivity index (χ1n) is 8.41. The van der Waals surface area contributed by atoms with Gasteiger partial charge in [-0.1, -0.05) is 6.07 Å². The van der Waals surface area contributed by atoms with E-state index in [9.17, 15) is 13.6 Å². The van der Waals surface area contributed by atoms with E-state index in [1.165, 1.54) is 6.07 Å². The molecule has 0 N–H and O–H groups in total. The molecule has 1 aromatic heterocycles. The topological polar surface area (TPSA) is 46.1 Å². The molecule has 1 saturated heterocycles. The van der Waals surface area contributed by atoms with Crippen molar-refractivity contribution in [2.75, 3.05) is 6.54 Å². The minimum Gasteiger partial charge on any atom is -0.337 e. The number of hydrogen-bond acceptors (Lipinski definition) is 3. The summed E-state index contributed by atoms with van der Waals surface area (Å²) in [5.74, 6) is -1.05. The van der Waals surface area contributed by atoms with E-state index >= 15 is 0 Å². The quantitative estimate of drug-likeness (QED) is 0.852. The average Bonchev–Trinajstić information content (AvgIpc) is 2.91. The first-order valence-corrected chi connectivity index (χ1v) is 8.41. The first-order chi connectivity index (χ1) is 11.9. The normalized spacial score (nSPS) is 19.2. The largest absolute Gasteiger partial charge is 0.337 e. The number of hydrogen-bond donors (Lipinski definition) is 0. The van der Waals surface area contributed by atoms with Gasteiger partial charge < -0.3 is 4.90 Å². The lowest BCUT2D eigenvalue weighted by Crippen LogP contribution is -2.45. The second-order valence-electron chi connectivity index (χ2n) is 6.88. The molecule has 1 unspecified atom stereocenters. The molecule has 0 spiro atoms. The van der Waals surface area contributed by atoms with E-state index in [4.69, 9.17) is 0 Å². The lowest BCUT2D eigenvalue weighted by Gasteiger charge is -2.36. The Kier molecular flexibility index (Phi) is 4.79. The summed E-state index contributed by atoms with van der Waals surface area (Å²) >= 11 is 0. The van der Waals surface area contributed by atoms with Crippen LogP contribution in [0.15, 0.2) is 36.7 Å². The van der Waals surface area contributed by atoms with Gasteiger partial charge >= 0.3 is 0 Å². The molecule has 0 aliphatic carbocycles. The highest BCUT2D eigenvalue weighted by atomic mass is 19.2. The monoisotopic (exact) mass is 345 g/mol. The Morgan fingerprint density at radius 1 is 1.24 bits per heavy atom. The number of benzene rings is 1. The fourth-order valence-corrected chi connectivity index (χ4v) is 3.65. The molecule has 4 nitrogen and oxygen atoms in total. The van der Waals surface area contributed by atoms with Gasteiger partial charge in [0.2, 0.25) is 5.91 Å². The summed E-state index contributed by atoms with van der Waals surface area (Å²) in [6.45, 7) is 4.55. The molecule has 1 aromatic carbocycles. The molecule has 3 rings (SSSR count). The van der Waals surface area contributed by atoms with Crippen molar-refractivity contribution < 1.29 is 13.6 Å². The van der Waals surface area contributed by atoms with Crippen molar-refractivity contribution in [3.05, 3.63) is 59.7 Å². The zero-order valence-electron chi connectivity index (χ0n) is 14.4. The molecule has 1 aliphatic rings. The fraction of sp³-hybridized carbons (Fsp3) is 0.421. The molecule has 0 radical (unpaired) electrons. The first kappa shape index (κ1) is 17.5. The van der Waals surface area contributed by atoms with Crippen LogP contribution in [-0.2, 0) is 11.2 Å². The second kappa shape index (κ2) is 6.86. The van der Waals surface area contributed by atoms with Crippen molar-refractivity contribution in [1.82, 2.24) is 14.9 Å². The number of aryl methyl sites for hydroxylation is 1. The minimum absolute atomic E-state index is 0.0282. The van der Waals surface area contributed by atoms with E-state index < -0.39 is 17.2 Å². The summed E-state index contributed by atoms with van der Waals surface area (Å²) in [5, 5.41) is 0. The van der Waals surface area contributed by atoms with Crippen LogP contribution in [0.5, 0.6) is 0 Å². The number of carbonyl (C=O) groups excluding carboxylic acids is 1. The van der Waals surface area contributed by atoms with Crippen LogP contribution in [-0.4, -0.2) is 32.9 Å². The Morgan fingerprint density at radius 2 is 1.96 bits per heavy atom. The van der Waals surface area contributed by atoms with E-state index in [0.717, 1.165) is 18.1 Å². The lowest BCUT2D eigenvalue weighted by molar-refractivity contribution is -0.134. The maximum absolute atomic E-state index is 13.6. The molecule has 25 heavy (non-hydrogen) atoms. The van der Waals surface area contributed by atoms with Gasteiger partial charge in [-0.05, 0) is 44.0 Å². The van der Waals surface area contributed by atoms with Crippen molar-refractivity contribution >= 4 is 5.91 Å². The minimum atomic E-state index is -0.852. The third-order valence-electron chi connectivity index (χ3n) is 5.02. The highest BCUT2D eigenvalue weighted by Gasteiger charge is 2.44. The molecule has 132 valence electrons. The SMILES string of the molecule is CC1(C)C(c2ccc(F)c(F)c2)CCN1C(=O)CCc1ncccn1. The van der Waals surface area contributed by atoms with Crippen molar-refractivity contribution in [2.45, 2.75) is 44.6 Å². The number of amides is 1. The summed E-state index contributed by atoms with van der Waals surface area (Å²) in [4.78, 5) is 22.8. The molecule has 1 atom stereocenters. The van der Waals surface area contributed by atoms with Crippen molar-refractivity contribution in [3.8, 4) is 0 Å². The van der Waals surface area contributed by atoms with Gasteiger partial charge in [0.25, 0.3) is 0 Å². The van der Waals surface area contributed by atoms with Gasteiger partial charge in [-0.15, -0.1) is 0 Å². The highest BCUT2D eigenvalue weighted by molar-refractivity contribution is 5.77. The Morgan fingerprint density at radius 3 is 2.64 bits per heavy atom. The van der Waals surface area contributed by atoms with Gasteiger partial charge in [0.05, 0.1) is 0 Å². The van der Waals surface area contributed by atoms with Gasteiger partial charge in [0, 0.05) is 43.2 Å². The maximum Gasteiger partial charge on any atom is 0.223 e. The van der Waals surface area contributed by atoms with E-state index in [0.29, 0.717) is 25.2 Å². The highest BCUT2D eigenvalue weighted by Crippen LogP contribution is 2.42. The van der Waals surface area contributed by atoms with Crippen molar-refractivity contribution in [3.63, 3.8) is 0 Å². The third kappa shape index (κ3) is 3.52. The number of carbonyl (C=O) groups is 1. The molecule has 0 bridgehead atoms. The van der Waals surface area contributed by atoms with Crippen LogP contribution in [0, 0.1) is 11.6 Å². The third-order valence-corrected chi connectivity index (χ3v) is 5.02. The summed E-state index contributed by atoms with van der Waals surface area (Å²) in [6.07, 6.45) is 4.86. The zero-order valence-corrected chi connectivity index (χ0v) is 14.4. The number of likely N-dealkylation sites (tertiary alicyclic amines) is 1. The van der Waals surface area contributed by atoms with Crippen LogP contribution in [0.25, 0.3) is 0 Å². The van der Waals surface area contributed by atoms with Crippen LogP contribution >= 0.6 is 0 Å². The number of rotatable bonds is 4. The summed E-state index contributed by atoms with van der Waals surface area (Å²) in [7, 11) is 0. The van der Waals surface area contributed by atoms with Gasteiger partial charge in [-0.2, -0.15) is 0 Å². The van der Waals surface area contributed by atoms with Gasteiger partial charge in [-0.3, -0.25) is 4.79 Å². The summed E-state index contributed by atoms with van der Waals surface area (Å²) in [6, 6.07) is 5.74. The fourth-order valence-electron chi connectivity index (χ4n) is 3.65. The van der Waals surface area contributed by atoms with Crippen molar-refractivity contribution in [1.29, 1.82) is 0 Å². The zero-order chi connectivity index (χ0) is 18.0. The van der Waals surface area contributed by atoms with Gasteiger partial charge in [-0.25, -0.2) is 18.7 Å². The number of aromatic nitrogens is 2. The van der Waals surface area contributed by atoms with Crippen LogP contribution in [0.2, 0.25) is 0 Å². The molecule has 2 heterocycles. The molecule has 0 saturated carbocycles. The molecular formula is C19H21F2N3O. The average molecular weight is 345 g/mol. The molecule has 6 heteroatoms. The van der Waals surface area contributed by atoms with E-state index in [-0.39, 0.29) is 11.8 Å². The standard InChI is InChI=1S/C19H21F2N3O/c1-19(2)14(13-4-5-15(20)16(21)12-13)8-11-24(19)18(25)7-6-17-22-9-3-10-23-17/h3-5,9-10,12,14H,6-8,11H2,1-2H3. The number of halogens is 2. The predicted molar refractivity (Wildman–Crippen MR) is 89.9 cm³/mol. The Labute approximate surface area is 145 Å². The maximum atomic E-state index is 13.6.